The number of nitrogens with zero attached hydrogens (tertiary/aromatic N) is 2. The highest BCUT2D eigenvalue weighted by Crippen LogP contribution is 2.26. The van der Waals surface area contributed by atoms with E-state index in [4.69, 9.17) is 21.1 Å². The Morgan fingerprint density at radius 1 is 1.24 bits per heavy atom. The van der Waals surface area contributed by atoms with Crippen molar-refractivity contribution in [2.75, 3.05) is 13.7 Å². The Morgan fingerprint density at radius 2 is 2.00 bits per heavy atom. The van der Waals surface area contributed by atoms with E-state index in [1.165, 1.54) is 25.3 Å². The standard InChI is InChI=1S/C23H22ClN3O6/c1-3-4-11-33-22(30)15-12-14(9-10-17(15)24)25-13-16-20(28)26-23(31)27(21(16)29)18-7-5-6-8-19(18)32-2/h5-10,12-13,29H,3-4,11H2,1-2H3,(H,26,28,31). The normalized spacial score (nSPS) is 11.0. The molecule has 3 aromatic rings. The van der Waals surface area contributed by atoms with Crippen molar-refractivity contribution in [1.29, 1.82) is 0 Å². The molecule has 1 heterocycles. The van der Waals surface area contributed by atoms with Gasteiger partial charge in [0, 0.05) is 6.21 Å². The second kappa shape index (κ2) is 10.6. The molecule has 0 bridgehead atoms. The van der Waals surface area contributed by atoms with Crippen molar-refractivity contribution in [3.63, 3.8) is 0 Å². The predicted molar refractivity (Wildman–Crippen MR) is 125 cm³/mol. The largest absolute Gasteiger partial charge is 0.495 e. The van der Waals surface area contributed by atoms with E-state index in [0.717, 1.165) is 23.6 Å². The quantitative estimate of drug-likeness (QED) is 0.294. The van der Waals surface area contributed by atoms with Gasteiger partial charge in [0.05, 0.1) is 35.7 Å². The molecule has 0 unspecified atom stereocenters. The number of carbonyl (C=O) groups is 1. The van der Waals surface area contributed by atoms with Crippen LogP contribution in [0.15, 0.2) is 57.0 Å². The number of unbranched alkanes of at least 4 members (excludes halogenated alkanes) is 1. The third-order valence-electron chi connectivity index (χ3n) is 4.69. The highest BCUT2D eigenvalue weighted by atomic mass is 35.5. The van der Waals surface area contributed by atoms with Gasteiger partial charge in [-0.2, -0.15) is 0 Å². The summed E-state index contributed by atoms with van der Waals surface area (Å²) in [4.78, 5) is 43.3. The molecule has 33 heavy (non-hydrogen) atoms. The van der Waals surface area contributed by atoms with Crippen LogP contribution in [0, 0.1) is 0 Å². The van der Waals surface area contributed by atoms with Crippen molar-refractivity contribution >= 4 is 29.5 Å². The van der Waals surface area contributed by atoms with E-state index in [-0.39, 0.29) is 34.1 Å². The minimum absolute atomic E-state index is 0.125. The van der Waals surface area contributed by atoms with Gasteiger partial charge in [0.2, 0.25) is 5.88 Å². The summed E-state index contributed by atoms with van der Waals surface area (Å²) in [6.07, 6.45) is 2.69. The summed E-state index contributed by atoms with van der Waals surface area (Å²) in [5.74, 6) is -0.894. The monoisotopic (exact) mass is 471 g/mol. The van der Waals surface area contributed by atoms with Gasteiger partial charge in [-0.05, 0) is 36.8 Å². The summed E-state index contributed by atoms with van der Waals surface area (Å²) in [7, 11) is 1.42. The van der Waals surface area contributed by atoms with Crippen molar-refractivity contribution in [3.8, 4) is 17.3 Å². The number of hydrogen-bond acceptors (Lipinski definition) is 7. The fourth-order valence-electron chi connectivity index (χ4n) is 2.97. The van der Waals surface area contributed by atoms with Gasteiger partial charge in [0.25, 0.3) is 5.56 Å². The number of aromatic amines is 1. The topological polar surface area (TPSA) is 123 Å². The maximum Gasteiger partial charge on any atom is 0.339 e. The zero-order valence-electron chi connectivity index (χ0n) is 18.0. The van der Waals surface area contributed by atoms with E-state index in [0.29, 0.717) is 5.75 Å². The lowest BCUT2D eigenvalue weighted by Gasteiger charge is -2.12. The minimum atomic E-state index is -0.845. The van der Waals surface area contributed by atoms with Crippen LogP contribution in [-0.2, 0) is 4.74 Å². The van der Waals surface area contributed by atoms with Gasteiger partial charge >= 0.3 is 11.7 Å². The summed E-state index contributed by atoms with van der Waals surface area (Å²) in [6, 6.07) is 10.9. The van der Waals surface area contributed by atoms with Crippen LogP contribution in [0.5, 0.6) is 11.6 Å². The van der Waals surface area contributed by atoms with E-state index in [1.54, 1.807) is 24.3 Å². The molecule has 2 aromatic carbocycles. The lowest BCUT2D eigenvalue weighted by atomic mass is 10.2. The van der Waals surface area contributed by atoms with Crippen LogP contribution < -0.4 is 16.0 Å². The molecule has 0 aliphatic carbocycles. The molecule has 0 spiro atoms. The number of carbonyl (C=O) groups excluding carboxylic acids is 1. The van der Waals surface area contributed by atoms with Crippen molar-refractivity contribution < 1.29 is 19.4 Å². The molecule has 0 amide bonds. The van der Waals surface area contributed by atoms with Crippen molar-refractivity contribution in [2.45, 2.75) is 19.8 Å². The number of nitrogens with one attached hydrogen (secondary N) is 1. The zero-order chi connectivity index (χ0) is 24.0. The second-order valence-electron chi connectivity index (χ2n) is 6.92. The Bertz CT molecular complexity index is 1310. The van der Waals surface area contributed by atoms with Crippen LogP contribution in [0.4, 0.5) is 5.69 Å². The Labute approximate surface area is 193 Å². The average Bonchev–Trinajstić information content (AvgIpc) is 2.80. The van der Waals surface area contributed by atoms with E-state index < -0.39 is 23.1 Å². The molecule has 0 fully saturated rings. The number of rotatable bonds is 8. The lowest BCUT2D eigenvalue weighted by Crippen LogP contribution is -2.31. The Morgan fingerprint density at radius 3 is 2.73 bits per heavy atom. The van der Waals surface area contributed by atoms with Gasteiger partial charge in [-0.15, -0.1) is 0 Å². The van der Waals surface area contributed by atoms with Crippen LogP contribution in [-0.4, -0.2) is 40.6 Å². The number of hydrogen-bond donors (Lipinski definition) is 2. The van der Waals surface area contributed by atoms with Crippen molar-refractivity contribution in [2.24, 2.45) is 4.99 Å². The number of aromatic hydroxyl groups is 1. The molecule has 1 aromatic heterocycles. The third-order valence-corrected chi connectivity index (χ3v) is 5.02. The number of halogens is 1. The molecule has 0 atom stereocenters. The minimum Gasteiger partial charge on any atom is -0.495 e. The average molecular weight is 472 g/mol. The second-order valence-corrected chi connectivity index (χ2v) is 7.32. The van der Waals surface area contributed by atoms with Gasteiger partial charge in [-0.25, -0.2) is 14.2 Å². The Hall–Kier alpha value is -3.85. The fourth-order valence-corrected chi connectivity index (χ4v) is 3.16. The van der Waals surface area contributed by atoms with Crippen LogP contribution in [0.3, 0.4) is 0 Å². The van der Waals surface area contributed by atoms with Crippen molar-refractivity contribution in [3.05, 3.63) is 79.5 Å². The zero-order valence-corrected chi connectivity index (χ0v) is 18.8. The number of ether oxygens (including phenoxy) is 2. The number of para-hydroxylation sites is 2. The van der Waals surface area contributed by atoms with Gasteiger partial charge < -0.3 is 14.6 Å². The van der Waals surface area contributed by atoms with E-state index in [2.05, 4.69) is 9.98 Å². The van der Waals surface area contributed by atoms with Gasteiger partial charge in [-0.3, -0.25) is 14.8 Å². The molecular formula is C23H22ClN3O6. The smallest absolute Gasteiger partial charge is 0.339 e. The first-order valence-corrected chi connectivity index (χ1v) is 10.5. The number of esters is 1. The Balaban J connectivity index is 2.00. The molecule has 0 aliphatic rings. The molecule has 9 nitrogen and oxygen atoms in total. The molecule has 3 rings (SSSR count). The van der Waals surface area contributed by atoms with E-state index >= 15 is 0 Å². The van der Waals surface area contributed by atoms with Gasteiger partial charge in [0.15, 0.2) is 0 Å². The van der Waals surface area contributed by atoms with Crippen LogP contribution in [0.2, 0.25) is 5.02 Å². The number of benzene rings is 2. The predicted octanol–water partition coefficient (Wildman–Crippen LogP) is 3.60. The number of aliphatic imine (C=N–C) groups is 1. The first-order valence-electron chi connectivity index (χ1n) is 10.1. The molecule has 0 saturated heterocycles. The number of methoxy groups -OCH3 is 1. The van der Waals surface area contributed by atoms with Gasteiger partial charge in [0.1, 0.15) is 11.3 Å². The highest BCUT2D eigenvalue weighted by molar-refractivity contribution is 6.33. The first-order chi connectivity index (χ1) is 15.9. The van der Waals surface area contributed by atoms with E-state index in [9.17, 15) is 19.5 Å². The van der Waals surface area contributed by atoms with Crippen LogP contribution in [0.25, 0.3) is 5.69 Å². The fraction of sp³-hybridized carbons (Fsp3) is 0.217. The number of H-pyrrole nitrogens is 1. The molecule has 2 N–H and O–H groups in total. The molecular weight excluding hydrogens is 450 g/mol. The maximum absolute atomic E-state index is 12.4. The molecule has 0 aliphatic heterocycles. The molecule has 0 radical (unpaired) electrons. The summed E-state index contributed by atoms with van der Waals surface area (Å²) >= 11 is 6.11. The van der Waals surface area contributed by atoms with Crippen LogP contribution >= 0.6 is 11.6 Å². The molecule has 10 heteroatoms. The summed E-state index contributed by atoms with van der Waals surface area (Å²) < 4.78 is 11.3. The Kier molecular flexibility index (Phi) is 7.68. The molecule has 172 valence electrons. The van der Waals surface area contributed by atoms with Crippen LogP contribution in [0.1, 0.15) is 35.7 Å². The maximum atomic E-state index is 12.4. The summed E-state index contributed by atoms with van der Waals surface area (Å²) in [5, 5.41) is 10.9. The highest BCUT2D eigenvalue weighted by Gasteiger charge is 2.17. The van der Waals surface area contributed by atoms with Gasteiger partial charge in [-0.1, -0.05) is 37.1 Å². The summed E-state index contributed by atoms with van der Waals surface area (Å²) in [6.45, 7) is 2.25. The third kappa shape index (κ3) is 5.32. The first kappa shape index (κ1) is 23.8. The summed E-state index contributed by atoms with van der Waals surface area (Å²) in [5.41, 5.74) is -1.29. The van der Waals surface area contributed by atoms with Crippen molar-refractivity contribution in [1.82, 2.24) is 9.55 Å². The number of aromatic nitrogens is 2. The van der Waals surface area contributed by atoms with E-state index in [1.807, 2.05) is 6.92 Å². The molecule has 0 saturated carbocycles. The lowest BCUT2D eigenvalue weighted by molar-refractivity contribution is 0.0500. The SMILES string of the molecule is CCCCOC(=O)c1cc(N=Cc2c(O)n(-c3ccccc3OC)c(=O)[nH]c2=O)ccc1Cl.